The molecule has 4 atom stereocenters. The van der Waals surface area contributed by atoms with Gasteiger partial charge in [-0.25, -0.2) is 9.37 Å². The van der Waals surface area contributed by atoms with Crippen LogP contribution in [0, 0.1) is 12.8 Å². The van der Waals surface area contributed by atoms with E-state index >= 15 is 0 Å². The Morgan fingerprint density at radius 3 is 2.79 bits per heavy atom. The number of ketones is 1. The zero-order chi connectivity index (χ0) is 20.1. The third-order valence-corrected chi connectivity index (χ3v) is 5.90. The van der Waals surface area contributed by atoms with Gasteiger partial charge in [0.05, 0.1) is 17.5 Å². The lowest BCUT2D eigenvalue weighted by Crippen LogP contribution is -2.42. The molecule has 2 aromatic heterocycles. The van der Waals surface area contributed by atoms with Gasteiger partial charge in [-0.1, -0.05) is 12.1 Å². The van der Waals surface area contributed by atoms with Crippen molar-refractivity contribution in [2.75, 3.05) is 4.90 Å². The van der Waals surface area contributed by atoms with Gasteiger partial charge in [-0.15, -0.1) is 0 Å². The Bertz CT molecular complexity index is 1020. The molecule has 7 heteroatoms. The Morgan fingerprint density at radius 2 is 2.03 bits per heavy atom. The molecule has 0 aromatic carbocycles. The van der Waals surface area contributed by atoms with Crippen LogP contribution in [0.15, 0.2) is 54.1 Å². The van der Waals surface area contributed by atoms with Crippen molar-refractivity contribution in [2.24, 2.45) is 5.92 Å². The summed E-state index contributed by atoms with van der Waals surface area (Å²) < 4.78 is 20.1. The summed E-state index contributed by atoms with van der Waals surface area (Å²) in [6.07, 6.45) is 2.72. The van der Waals surface area contributed by atoms with E-state index in [-0.39, 0.29) is 23.9 Å². The van der Waals surface area contributed by atoms with Crippen LogP contribution in [-0.2, 0) is 14.3 Å². The van der Waals surface area contributed by atoms with Crippen LogP contribution in [0.4, 0.5) is 10.2 Å². The summed E-state index contributed by atoms with van der Waals surface area (Å²) in [7, 11) is 0. The number of aryl methyl sites for hydroxylation is 1. The number of hydrogen-bond donors (Lipinski definition) is 0. The minimum absolute atomic E-state index is 0.0747. The maximum Gasteiger partial charge on any atom is 0.295 e. The number of hydrogen-bond acceptors (Lipinski definition) is 5. The second-order valence-corrected chi connectivity index (χ2v) is 7.78. The molecule has 1 saturated carbocycles. The number of anilines is 1. The fourth-order valence-electron chi connectivity index (χ4n) is 4.57. The first-order valence-corrected chi connectivity index (χ1v) is 9.81. The van der Waals surface area contributed by atoms with E-state index in [1.807, 2.05) is 25.1 Å². The maximum atomic E-state index is 14.0. The number of alkyl halides is 1. The molecule has 1 aliphatic carbocycles. The minimum Gasteiger partial charge on any atom is -0.483 e. The molecule has 0 radical (unpaired) electrons. The number of rotatable bonds is 2. The van der Waals surface area contributed by atoms with Crippen molar-refractivity contribution < 1.29 is 18.7 Å². The van der Waals surface area contributed by atoms with Crippen LogP contribution < -0.4 is 4.90 Å². The molecule has 1 fully saturated rings. The standard InChI is InChI=1S/C22H20FN3O3/c1-12-4-2-6-17(25-12)26-19(13-5-3-9-24-11-13)18-20(27)15-10-14(23)7-8-16(15)29-21(18)22(26)28/h2-6,9,11,14-16,19H,7-8,10H2,1H3. The maximum absolute atomic E-state index is 14.0. The predicted molar refractivity (Wildman–Crippen MR) is 103 cm³/mol. The van der Waals surface area contributed by atoms with Gasteiger partial charge in [0.2, 0.25) is 0 Å². The first-order chi connectivity index (χ1) is 14.0. The Labute approximate surface area is 167 Å². The number of Topliss-reactive ketones (excluding diaryl/α,β-unsaturated/α-hetero) is 1. The summed E-state index contributed by atoms with van der Waals surface area (Å²) in [5.74, 6) is -0.626. The third-order valence-electron chi connectivity index (χ3n) is 5.90. The molecule has 1 amide bonds. The molecule has 6 nitrogen and oxygen atoms in total. The van der Waals surface area contributed by atoms with E-state index in [0.29, 0.717) is 29.8 Å². The second kappa shape index (κ2) is 6.76. The van der Waals surface area contributed by atoms with Gasteiger partial charge >= 0.3 is 0 Å². The van der Waals surface area contributed by atoms with E-state index in [4.69, 9.17) is 4.74 Å². The average Bonchev–Trinajstić information content (AvgIpc) is 3.02. The molecular formula is C22H20FN3O3. The lowest BCUT2D eigenvalue weighted by molar-refractivity contribution is -0.133. The first kappa shape index (κ1) is 18.0. The van der Waals surface area contributed by atoms with E-state index < -0.39 is 24.2 Å². The SMILES string of the molecule is Cc1cccc(N2C(=O)C3=C(C(=O)C4CC(F)CCC4O3)C2c2cccnc2)n1. The van der Waals surface area contributed by atoms with E-state index in [1.165, 1.54) is 4.90 Å². The summed E-state index contributed by atoms with van der Waals surface area (Å²) in [6, 6.07) is 8.29. The fraction of sp³-hybridized carbons (Fsp3) is 0.364. The Hall–Kier alpha value is -3.09. The van der Waals surface area contributed by atoms with Crippen molar-refractivity contribution in [3.05, 3.63) is 65.3 Å². The molecular weight excluding hydrogens is 373 g/mol. The topological polar surface area (TPSA) is 72.4 Å². The van der Waals surface area contributed by atoms with E-state index in [0.717, 1.165) is 5.69 Å². The Balaban J connectivity index is 1.65. The lowest BCUT2D eigenvalue weighted by Gasteiger charge is -2.36. The molecule has 5 rings (SSSR count). The molecule has 0 bridgehead atoms. The summed E-state index contributed by atoms with van der Waals surface area (Å²) >= 11 is 0. The molecule has 4 heterocycles. The first-order valence-electron chi connectivity index (χ1n) is 9.81. The molecule has 2 aromatic rings. The number of ether oxygens (including phenoxy) is 1. The number of nitrogens with zero attached hydrogens (tertiary/aromatic N) is 3. The molecule has 4 unspecified atom stereocenters. The van der Waals surface area contributed by atoms with Gasteiger partial charge in [-0.3, -0.25) is 19.5 Å². The van der Waals surface area contributed by atoms with Gasteiger partial charge in [0.25, 0.3) is 5.91 Å². The highest BCUT2D eigenvalue weighted by Crippen LogP contribution is 2.48. The quantitative estimate of drug-likeness (QED) is 0.783. The van der Waals surface area contributed by atoms with Crippen LogP contribution in [0.1, 0.15) is 36.6 Å². The second-order valence-electron chi connectivity index (χ2n) is 7.78. The number of carbonyl (C=O) groups is 2. The van der Waals surface area contributed by atoms with Crippen LogP contribution in [0.2, 0.25) is 0 Å². The van der Waals surface area contributed by atoms with Gasteiger partial charge in [0.15, 0.2) is 11.5 Å². The van der Waals surface area contributed by atoms with Crippen LogP contribution in [0.3, 0.4) is 0 Å². The summed E-state index contributed by atoms with van der Waals surface area (Å²) in [4.78, 5) is 37.0. The highest BCUT2D eigenvalue weighted by molar-refractivity contribution is 6.17. The molecule has 29 heavy (non-hydrogen) atoms. The summed E-state index contributed by atoms with van der Waals surface area (Å²) in [5, 5.41) is 0. The van der Waals surface area contributed by atoms with Crippen molar-refractivity contribution >= 4 is 17.5 Å². The summed E-state index contributed by atoms with van der Waals surface area (Å²) in [6.45, 7) is 1.84. The number of halogens is 1. The number of amides is 1. The molecule has 3 aliphatic rings. The average molecular weight is 393 g/mol. The van der Waals surface area contributed by atoms with E-state index in [9.17, 15) is 14.0 Å². The summed E-state index contributed by atoms with van der Waals surface area (Å²) in [5.41, 5.74) is 1.74. The number of carbonyl (C=O) groups excluding carboxylic acids is 2. The molecule has 0 saturated heterocycles. The third kappa shape index (κ3) is 2.84. The fourth-order valence-corrected chi connectivity index (χ4v) is 4.57. The van der Waals surface area contributed by atoms with Gasteiger partial charge in [-0.2, -0.15) is 0 Å². The Kier molecular flexibility index (Phi) is 4.19. The number of fused-ring (bicyclic) bond motifs is 1. The van der Waals surface area contributed by atoms with Gasteiger partial charge in [-0.05, 0) is 49.9 Å². The predicted octanol–water partition coefficient (Wildman–Crippen LogP) is 3.23. The van der Waals surface area contributed by atoms with Crippen LogP contribution in [0.5, 0.6) is 0 Å². The zero-order valence-corrected chi connectivity index (χ0v) is 15.9. The number of pyridine rings is 2. The van der Waals surface area contributed by atoms with Gasteiger partial charge in [0.1, 0.15) is 18.1 Å². The highest BCUT2D eigenvalue weighted by atomic mass is 19.1. The van der Waals surface area contributed by atoms with Crippen LogP contribution >= 0.6 is 0 Å². The number of aromatic nitrogens is 2. The van der Waals surface area contributed by atoms with E-state index in [1.54, 1.807) is 24.5 Å². The van der Waals surface area contributed by atoms with Gasteiger partial charge < -0.3 is 4.74 Å². The minimum atomic E-state index is -1.02. The smallest absolute Gasteiger partial charge is 0.295 e. The normalized spacial score (nSPS) is 28.8. The monoisotopic (exact) mass is 393 g/mol. The zero-order valence-electron chi connectivity index (χ0n) is 15.9. The van der Waals surface area contributed by atoms with Crippen LogP contribution in [0.25, 0.3) is 0 Å². The Morgan fingerprint density at radius 1 is 1.17 bits per heavy atom. The van der Waals surface area contributed by atoms with E-state index in [2.05, 4.69) is 9.97 Å². The molecule has 0 N–H and O–H groups in total. The van der Waals surface area contributed by atoms with Crippen molar-refractivity contribution in [3.8, 4) is 0 Å². The van der Waals surface area contributed by atoms with Crippen molar-refractivity contribution in [1.82, 2.24) is 9.97 Å². The molecule has 148 valence electrons. The largest absolute Gasteiger partial charge is 0.483 e. The highest BCUT2D eigenvalue weighted by Gasteiger charge is 2.53. The molecule has 2 aliphatic heterocycles. The van der Waals surface area contributed by atoms with Gasteiger partial charge in [0, 0.05) is 18.1 Å². The molecule has 0 spiro atoms. The van der Waals surface area contributed by atoms with Crippen molar-refractivity contribution in [3.63, 3.8) is 0 Å². The van der Waals surface area contributed by atoms with Crippen molar-refractivity contribution in [2.45, 2.75) is 44.5 Å². The van der Waals surface area contributed by atoms with Crippen LogP contribution in [-0.4, -0.2) is 33.9 Å². The lowest BCUT2D eigenvalue weighted by atomic mass is 9.77. The van der Waals surface area contributed by atoms with Crippen molar-refractivity contribution in [1.29, 1.82) is 0 Å².